The number of ether oxygens (including phenoxy) is 1. The first-order valence-corrected chi connectivity index (χ1v) is 10.0. The summed E-state index contributed by atoms with van der Waals surface area (Å²) in [4.78, 5) is 14.1. The highest BCUT2D eigenvalue weighted by atomic mass is 16.6. The van der Waals surface area contributed by atoms with Gasteiger partial charge in [0.15, 0.2) is 0 Å². The molecular weight excluding hydrogens is 336 g/mol. The normalized spacial score (nSPS) is 22.4. The number of amides is 1. The van der Waals surface area contributed by atoms with Crippen LogP contribution in [0, 0.1) is 5.92 Å². The lowest BCUT2D eigenvalue weighted by atomic mass is 9.97. The number of benzene rings is 2. The molecule has 1 N–H and O–H groups in total. The molecule has 0 aromatic heterocycles. The summed E-state index contributed by atoms with van der Waals surface area (Å²) in [5.74, 6) is 1.33. The number of rotatable bonds is 6. The fourth-order valence-corrected chi connectivity index (χ4v) is 3.94. The first-order chi connectivity index (χ1) is 13.3. The van der Waals surface area contributed by atoms with Gasteiger partial charge in [-0.15, -0.1) is 0 Å². The highest BCUT2D eigenvalue weighted by Crippen LogP contribution is 2.40. The topological polar surface area (TPSA) is 41.6 Å². The Morgan fingerprint density at radius 3 is 2.37 bits per heavy atom. The van der Waals surface area contributed by atoms with Crippen molar-refractivity contribution in [3.8, 4) is 0 Å². The Morgan fingerprint density at radius 2 is 1.67 bits per heavy atom. The van der Waals surface area contributed by atoms with Gasteiger partial charge in [0.05, 0.1) is 0 Å². The Morgan fingerprint density at radius 1 is 1.00 bits per heavy atom. The summed E-state index contributed by atoms with van der Waals surface area (Å²) in [6.45, 7) is 3.00. The van der Waals surface area contributed by atoms with Gasteiger partial charge in [-0.05, 0) is 42.9 Å². The van der Waals surface area contributed by atoms with E-state index in [2.05, 4.69) is 35.6 Å². The van der Waals surface area contributed by atoms with E-state index in [4.69, 9.17) is 4.74 Å². The van der Waals surface area contributed by atoms with Crippen LogP contribution in [0.1, 0.15) is 36.3 Å². The molecule has 2 aromatic carbocycles. The molecule has 2 atom stereocenters. The highest BCUT2D eigenvalue weighted by Gasteiger charge is 2.38. The summed E-state index contributed by atoms with van der Waals surface area (Å²) in [7, 11) is 0. The van der Waals surface area contributed by atoms with Crippen LogP contribution in [0.25, 0.3) is 0 Å². The molecule has 1 saturated heterocycles. The molecule has 1 amide bonds. The summed E-state index contributed by atoms with van der Waals surface area (Å²) >= 11 is 0. The fraction of sp³-hybridized carbons (Fsp3) is 0.435. The quantitative estimate of drug-likeness (QED) is 0.836. The Bertz CT molecular complexity index is 727. The van der Waals surface area contributed by atoms with Crippen LogP contribution in [0.2, 0.25) is 0 Å². The SMILES string of the molecule is O=C(OCc1ccccc1)N1CCC(CN[C@@H]2C[C@H]2c2ccccc2)CC1. The van der Waals surface area contributed by atoms with Gasteiger partial charge in [-0.1, -0.05) is 60.7 Å². The van der Waals surface area contributed by atoms with Gasteiger partial charge in [-0.3, -0.25) is 0 Å². The van der Waals surface area contributed by atoms with Crippen LogP contribution in [0.5, 0.6) is 0 Å². The number of carbonyl (C=O) groups excluding carboxylic acids is 1. The molecule has 0 spiro atoms. The molecular formula is C23H28N2O2. The van der Waals surface area contributed by atoms with Crippen LogP contribution >= 0.6 is 0 Å². The van der Waals surface area contributed by atoms with Crippen LogP contribution in [0.3, 0.4) is 0 Å². The van der Waals surface area contributed by atoms with Crippen molar-refractivity contribution < 1.29 is 9.53 Å². The molecule has 0 radical (unpaired) electrons. The molecule has 0 bridgehead atoms. The van der Waals surface area contributed by atoms with Crippen LogP contribution in [0.4, 0.5) is 4.79 Å². The van der Waals surface area contributed by atoms with E-state index in [9.17, 15) is 4.79 Å². The zero-order chi connectivity index (χ0) is 18.5. The predicted molar refractivity (Wildman–Crippen MR) is 107 cm³/mol. The fourth-order valence-electron chi connectivity index (χ4n) is 3.94. The minimum Gasteiger partial charge on any atom is -0.445 e. The first-order valence-electron chi connectivity index (χ1n) is 10.0. The van der Waals surface area contributed by atoms with E-state index in [-0.39, 0.29) is 6.09 Å². The molecule has 2 fully saturated rings. The molecule has 1 aliphatic heterocycles. The smallest absolute Gasteiger partial charge is 0.410 e. The van der Waals surface area contributed by atoms with Crippen LogP contribution < -0.4 is 5.32 Å². The molecule has 4 rings (SSSR count). The summed E-state index contributed by atoms with van der Waals surface area (Å²) in [6.07, 6.45) is 3.16. The lowest BCUT2D eigenvalue weighted by Crippen LogP contribution is -2.41. The van der Waals surface area contributed by atoms with E-state index in [1.54, 1.807) is 0 Å². The predicted octanol–water partition coefficient (Wildman–Crippen LogP) is 4.18. The number of hydrogen-bond acceptors (Lipinski definition) is 3. The van der Waals surface area contributed by atoms with Gasteiger partial charge >= 0.3 is 6.09 Å². The van der Waals surface area contributed by atoms with Crippen molar-refractivity contribution in [1.82, 2.24) is 10.2 Å². The Hall–Kier alpha value is -2.33. The van der Waals surface area contributed by atoms with E-state index in [1.807, 2.05) is 35.2 Å². The molecule has 1 aliphatic carbocycles. The molecule has 4 heteroatoms. The Labute approximate surface area is 161 Å². The van der Waals surface area contributed by atoms with Crippen molar-refractivity contribution in [2.24, 2.45) is 5.92 Å². The van der Waals surface area contributed by atoms with E-state index >= 15 is 0 Å². The molecule has 1 heterocycles. The molecule has 4 nitrogen and oxygen atoms in total. The van der Waals surface area contributed by atoms with Gasteiger partial charge in [0.2, 0.25) is 0 Å². The van der Waals surface area contributed by atoms with Gasteiger partial charge in [-0.25, -0.2) is 4.79 Å². The van der Waals surface area contributed by atoms with Crippen molar-refractivity contribution in [2.75, 3.05) is 19.6 Å². The van der Waals surface area contributed by atoms with Crippen LogP contribution in [-0.2, 0) is 11.3 Å². The van der Waals surface area contributed by atoms with Gasteiger partial charge in [-0.2, -0.15) is 0 Å². The molecule has 1 saturated carbocycles. The monoisotopic (exact) mass is 364 g/mol. The average Bonchev–Trinajstić information content (AvgIpc) is 3.52. The van der Waals surface area contributed by atoms with Crippen molar-refractivity contribution in [1.29, 1.82) is 0 Å². The zero-order valence-corrected chi connectivity index (χ0v) is 15.7. The van der Waals surface area contributed by atoms with E-state index < -0.39 is 0 Å². The maximum Gasteiger partial charge on any atom is 0.410 e. The van der Waals surface area contributed by atoms with E-state index in [0.29, 0.717) is 24.5 Å². The van der Waals surface area contributed by atoms with Crippen molar-refractivity contribution in [3.63, 3.8) is 0 Å². The standard InChI is InChI=1S/C23H28N2O2/c26-23(27-17-19-7-3-1-4-8-19)25-13-11-18(12-14-25)16-24-22-15-21(22)20-9-5-2-6-10-20/h1-10,18,21-22,24H,11-17H2/t21-,22+/m0/s1. The molecule has 27 heavy (non-hydrogen) atoms. The number of hydrogen-bond donors (Lipinski definition) is 1. The maximum absolute atomic E-state index is 12.2. The van der Waals surface area contributed by atoms with E-state index in [0.717, 1.165) is 38.0 Å². The van der Waals surface area contributed by atoms with Gasteiger partial charge in [0.25, 0.3) is 0 Å². The third kappa shape index (κ3) is 4.89. The highest BCUT2D eigenvalue weighted by molar-refractivity contribution is 5.67. The van der Waals surface area contributed by atoms with Gasteiger partial charge < -0.3 is 15.0 Å². The molecule has 142 valence electrons. The minimum absolute atomic E-state index is 0.184. The van der Waals surface area contributed by atoms with Crippen molar-refractivity contribution in [2.45, 2.75) is 37.8 Å². The lowest BCUT2D eigenvalue weighted by Gasteiger charge is -2.31. The summed E-state index contributed by atoms with van der Waals surface area (Å²) in [5, 5.41) is 3.73. The molecule has 2 aliphatic rings. The Balaban J connectivity index is 1.14. The van der Waals surface area contributed by atoms with Crippen LogP contribution in [-0.4, -0.2) is 36.7 Å². The van der Waals surface area contributed by atoms with Crippen LogP contribution in [0.15, 0.2) is 60.7 Å². The lowest BCUT2D eigenvalue weighted by molar-refractivity contribution is 0.0821. The zero-order valence-electron chi connectivity index (χ0n) is 15.7. The number of nitrogens with one attached hydrogen (secondary N) is 1. The summed E-state index contributed by atoms with van der Waals surface area (Å²) < 4.78 is 5.45. The minimum atomic E-state index is -0.184. The number of piperidine rings is 1. The molecule has 2 aromatic rings. The van der Waals surface area contributed by atoms with Gasteiger partial charge in [0.1, 0.15) is 6.61 Å². The average molecular weight is 364 g/mol. The first kappa shape index (κ1) is 18.1. The summed E-state index contributed by atoms with van der Waals surface area (Å²) in [5.41, 5.74) is 2.48. The third-order valence-corrected chi connectivity index (χ3v) is 5.76. The van der Waals surface area contributed by atoms with E-state index in [1.165, 1.54) is 12.0 Å². The number of nitrogens with zero attached hydrogens (tertiary/aromatic N) is 1. The molecule has 0 unspecified atom stereocenters. The maximum atomic E-state index is 12.2. The number of carbonyl (C=O) groups is 1. The summed E-state index contributed by atoms with van der Waals surface area (Å²) in [6, 6.07) is 21.2. The Kier molecular flexibility index (Phi) is 5.73. The second-order valence-electron chi connectivity index (χ2n) is 7.74. The number of likely N-dealkylation sites (tertiary alicyclic amines) is 1. The largest absolute Gasteiger partial charge is 0.445 e. The van der Waals surface area contributed by atoms with Gasteiger partial charge in [0, 0.05) is 25.0 Å². The third-order valence-electron chi connectivity index (χ3n) is 5.76. The second-order valence-corrected chi connectivity index (χ2v) is 7.74. The van der Waals surface area contributed by atoms with Crippen molar-refractivity contribution >= 4 is 6.09 Å². The second kappa shape index (κ2) is 8.57. The van der Waals surface area contributed by atoms with Crippen molar-refractivity contribution in [3.05, 3.63) is 71.8 Å².